The Bertz CT molecular complexity index is 559. The molecule has 0 amide bonds. The van der Waals surface area contributed by atoms with Crippen LogP contribution in [-0.4, -0.2) is 16.9 Å². The number of hydrogen-bond acceptors (Lipinski definition) is 3. The van der Waals surface area contributed by atoms with Crippen molar-refractivity contribution >= 4 is 17.4 Å². The summed E-state index contributed by atoms with van der Waals surface area (Å²) in [4.78, 5) is 22.8. The summed E-state index contributed by atoms with van der Waals surface area (Å²) in [5.74, 6) is -7.97. The molecular formula is C13H14F3NO3. The number of rotatable bonds is 6. The second-order valence-electron chi connectivity index (χ2n) is 4.29. The molecule has 20 heavy (non-hydrogen) atoms. The standard InChI is InChI=1S/C13H14F3NO3/c1-2-3-4-5-6(18)7-8(13(19)20)9(14)11(16)12(17)10(7)15/h2-5,17H2,1H3,(H,19,20). The molecule has 1 aromatic rings. The van der Waals surface area contributed by atoms with E-state index in [4.69, 9.17) is 10.8 Å². The minimum absolute atomic E-state index is 0.157. The molecule has 110 valence electrons. The van der Waals surface area contributed by atoms with Gasteiger partial charge in [-0.05, 0) is 6.42 Å². The minimum atomic E-state index is -1.92. The highest BCUT2D eigenvalue weighted by atomic mass is 19.2. The predicted octanol–water partition coefficient (Wildman–Crippen LogP) is 3.15. The van der Waals surface area contributed by atoms with Crippen molar-refractivity contribution in [2.75, 3.05) is 5.73 Å². The van der Waals surface area contributed by atoms with E-state index in [0.29, 0.717) is 12.8 Å². The lowest BCUT2D eigenvalue weighted by Crippen LogP contribution is -2.17. The highest BCUT2D eigenvalue weighted by molar-refractivity contribution is 6.07. The molecule has 0 atom stereocenters. The average molecular weight is 289 g/mol. The fourth-order valence-electron chi connectivity index (χ4n) is 1.80. The van der Waals surface area contributed by atoms with Crippen LogP contribution < -0.4 is 5.73 Å². The molecule has 0 aromatic heterocycles. The van der Waals surface area contributed by atoms with Crippen molar-refractivity contribution < 1.29 is 27.9 Å². The van der Waals surface area contributed by atoms with E-state index in [0.717, 1.165) is 6.42 Å². The Morgan fingerprint density at radius 3 is 2.15 bits per heavy atom. The smallest absolute Gasteiger partial charge is 0.339 e. The van der Waals surface area contributed by atoms with Crippen LogP contribution in [0, 0.1) is 17.5 Å². The molecule has 0 aliphatic heterocycles. The fourth-order valence-corrected chi connectivity index (χ4v) is 1.80. The molecule has 0 radical (unpaired) electrons. The Hall–Kier alpha value is -2.05. The van der Waals surface area contributed by atoms with Crippen LogP contribution in [0.5, 0.6) is 0 Å². The number of nitrogen functional groups attached to an aromatic ring is 1. The van der Waals surface area contributed by atoms with E-state index in [9.17, 15) is 22.8 Å². The van der Waals surface area contributed by atoms with Crippen molar-refractivity contribution in [3.8, 4) is 0 Å². The summed E-state index contributed by atoms with van der Waals surface area (Å²) in [5, 5.41) is 8.84. The van der Waals surface area contributed by atoms with Gasteiger partial charge in [0, 0.05) is 6.42 Å². The second kappa shape index (κ2) is 6.40. The van der Waals surface area contributed by atoms with Crippen LogP contribution in [-0.2, 0) is 0 Å². The van der Waals surface area contributed by atoms with Gasteiger partial charge in [0.2, 0.25) is 0 Å². The molecule has 0 spiro atoms. The van der Waals surface area contributed by atoms with Gasteiger partial charge in [-0.2, -0.15) is 0 Å². The maximum Gasteiger partial charge on any atom is 0.339 e. The number of Topliss-reactive ketones (excluding diaryl/α,β-unsaturated/α-hetero) is 1. The van der Waals surface area contributed by atoms with Crippen LogP contribution in [0.25, 0.3) is 0 Å². The van der Waals surface area contributed by atoms with Crippen LogP contribution in [0.2, 0.25) is 0 Å². The van der Waals surface area contributed by atoms with Crippen LogP contribution in [0.1, 0.15) is 53.3 Å². The molecule has 0 unspecified atom stereocenters. The van der Waals surface area contributed by atoms with Gasteiger partial charge in [-0.1, -0.05) is 19.8 Å². The minimum Gasteiger partial charge on any atom is -0.478 e. The maximum absolute atomic E-state index is 13.8. The van der Waals surface area contributed by atoms with Crippen molar-refractivity contribution in [2.45, 2.75) is 32.6 Å². The van der Waals surface area contributed by atoms with E-state index in [-0.39, 0.29) is 6.42 Å². The Morgan fingerprint density at radius 2 is 1.65 bits per heavy atom. The zero-order chi connectivity index (χ0) is 15.4. The number of anilines is 1. The number of unbranched alkanes of at least 4 members (excludes halogenated alkanes) is 2. The number of nitrogens with two attached hydrogens (primary N) is 1. The van der Waals surface area contributed by atoms with E-state index >= 15 is 0 Å². The zero-order valence-corrected chi connectivity index (χ0v) is 10.8. The van der Waals surface area contributed by atoms with Crippen LogP contribution >= 0.6 is 0 Å². The fraction of sp³-hybridized carbons (Fsp3) is 0.385. The molecule has 1 rings (SSSR count). The first-order valence-corrected chi connectivity index (χ1v) is 6.05. The Morgan fingerprint density at radius 1 is 1.05 bits per heavy atom. The molecule has 0 heterocycles. The average Bonchev–Trinajstić information content (AvgIpc) is 2.39. The number of aromatic carboxylic acids is 1. The van der Waals surface area contributed by atoms with Gasteiger partial charge >= 0.3 is 5.97 Å². The second-order valence-corrected chi connectivity index (χ2v) is 4.29. The maximum atomic E-state index is 13.8. The quantitative estimate of drug-likeness (QED) is 0.365. The molecular weight excluding hydrogens is 275 g/mol. The van der Waals surface area contributed by atoms with Gasteiger partial charge in [0.05, 0.1) is 5.56 Å². The number of halogens is 3. The van der Waals surface area contributed by atoms with E-state index < -0.39 is 46.0 Å². The van der Waals surface area contributed by atoms with Gasteiger partial charge in [0.25, 0.3) is 0 Å². The zero-order valence-electron chi connectivity index (χ0n) is 10.8. The van der Waals surface area contributed by atoms with Crippen LogP contribution in [0.4, 0.5) is 18.9 Å². The number of benzene rings is 1. The molecule has 0 saturated carbocycles. The number of carboxylic acid groups (broad SMARTS) is 1. The topological polar surface area (TPSA) is 80.4 Å². The Kier molecular flexibility index (Phi) is 5.12. The molecule has 0 bridgehead atoms. The molecule has 0 aliphatic rings. The summed E-state index contributed by atoms with van der Waals surface area (Å²) in [6.07, 6.45) is 1.71. The van der Waals surface area contributed by atoms with Crippen molar-refractivity contribution in [1.82, 2.24) is 0 Å². The van der Waals surface area contributed by atoms with Gasteiger partial charge in [-0.25, -0.2) is 18.0 Å². The lowest BCUT2D eigenvalue weighted by Gasteiger charge is -2.11. The number of carboxylic acids is 1. The first kappa shape index (κ1) is 16.0. The summed E-state index contributed by atoms with van der Waals surface area (Å²) < 4.78 is 40.6. The first-order chi connectivity index (χ1) is 9.32. The highest BCUT2D eigenvalue weighted by Gasteiger charge is 2.30. The first-order valence-electron chi connectivity index (χ1n) is 6.05. The lowest BCUT2D eigenvalue weighted by atomic mass is 9.97. The summed E-state index contributed by atoms with van der Waals surface area (Å²) in [6, 6.07) is 0. The van der Waals surface area contributed by atoms with E-state index in [1.165, 1.54) is 0 Å². The van der Waals surface area contributed by atoms with Gasteiger partial charge in [-0.15, -0.1) is 0 Å². The molecule has 0 saturated heterocycles. The summed E-state index contributed by atoms with van der Waals surface area (Å²) in [5.41, 5.74) is 1.52. The Labute approximate surface area is 113 Å². The van der Waals surface area contributed by atoms with E-state index in [2.05, 4.69) is 0 Å². The summed E-state index contributed by atoms with van der Waals surface area (Å²) in [6.45, 7) is 1.88. The van der Waals surface area contributed by atoms with E-state index in [1.807, 2.05) is 6.92 Å². The largest absolute Gasteiger partial charge is 0.478 e. The third-order valence-electron chi connectivity index (χ3n) is 2.85. The monoisotopic (exact) mass is 289 g/mol. The van der Waals surface area contributed by atoms with Crippen molar-refractivity contribution in [1.29, 1.82) is 0 Å². The molecule has 1 aromatic carbocycles. The van der Waals surface area contributed by atoms with Gasteiger partial charge in [-0.3, -0.25) is 4.79 Å². The van der Waals surface area contributed by atoms with Gasteiger partial charge in [0.15, 0.2) is 23.2 Å². The normalized spacial score (nSPS) is 10.6. The van der Waals surface area contributed by atoms with Crippen molar-refractivity contribution in [2.24, 2.45) is 0 Å². The van der Waals surface area contributed by atoms with Gasteiger partial charge < -0.3 is 10.8 Å². The number of hydrogen-bond donors (Lipinski definition) is 2. The summed E-state index contributed by atoms with van der Waals surface area (Å²) in [7, 11) is 0. The Balaban J connectivity index is 3.37. The number of carbonyl (C=O) groups is 2. The SMILES string of the molecule is CCCCCC(=O)c1c(F)c(N)c(F)c(F)c1C(=O)O. The van der Waals surface area contributed by atoms with Crippen molar-refractivity contribution in [3.05, 3.63) is 28.6 Å². The third-order valence-corrected chi connectivity index (χ3v) is 2.85. The molecule has 0 aliphatic carbocycles. The molecule has 3 N–H and O–H groups in total. The molecule has 0 fully saturated rings. The van der Waals surface area contributed by atoms with Crippen LogP contribution in [0.15, 0.2) is 0 Å². The molecule has 4 nitrogen and oxygen atoms in total. The van der Waals surface area contributed by atoms with Crippen LogP contribution in [0.3, 0.4) is 0 Å². The predicted molar refractivity (Wildman–Crippen MR) is 66.2 cm³/mol. The number of carbonyl (C=O) groups excluding carboxylic acids is 1. The number of ketones is 1. The lowest BCUT2D eigenvalue weighted by molar-refractivity contribution is 0.0684. The van der Waals surface area contributed by atoms with E-state index in [1.54, 1.807) is 0 Å². The summed E-state index contributed by atoms with van der Waals surface area (Å²) >= 11 is 0. The van der Waals surface area contributed by atoms with Crippen molar-refractivity contribution in [3.63, 3.8) is 0 Å². The highest BCUT2D eigenvalue weighted by Crippen LogP contribution is 2.28. The third kappa shape index (κ3) is 2.92. The molecule has 7 heteroatoms. The van der Waals surface area contributed by atoms with Gasteiger partial charge in [0.1, 0.15) is 11.3 Å².